The summed E-state index contributed by atoms with van der Waals surface area (Å²) in [7, 11) is 0. The number of ketones is 1. The number of fused-ring (bicyclic) bond motifs is 6. The number of hydrogen-bond acceptors (Lipinski definition) is 3. The second-order valence-electron chi connectivity index (χ2n) is 10.0. The maximum absolute atomic E-state index is 13.4. The van der Waals surface area contributed by atoms with Gasteiger partial charge in [-0.1, -0.05) is 121 Å². The van der Waals surface area contributed by atoms with Crippen molar-refractivity contribution in [2.75, 3.05) is 0 Å². The molecule has 2 heterocycles. The molecule has 0 aliphatic heterocycles. The van der Waals surface area contributed by atoms with Crippen LogP contribution in [0.3, 0.4) is 0 Å². The molecule has 8 aromatic rings. The van der Waals surface area contributed by atoms with Crippen LogP contribution in [0, 0.1) is 0 Å². The maximum Gasteiger partial charge on any atom is 0.193 e. The minimum atomic E-state index is 0.0140. The number of hydrogen-bond donors (Lipinski definition) is 0. The summed E-state index contributed by atoms with van der Waals surface area (Å²) in [4.78, 5) is 13.4. The highest BCUT2D eigenvalue weighted by molar-refractivity contribution is 7.26. The first-order valence-corrected chi connectivity index (χ1v) is 14.1. The van der Waals surface area contributed by atoms with Gasteiger partial charge in [-0.2, -0.15) is 0 Å². The first-order valence-electron chi connectivity index (χ1n) is 13.3. The highest BCUT2D eigenvalue weighted by Gasteiger charge is 2.15. The van der Waals surface area contributed by atoms with Crippen LogP contribution in [-0.4, -0.2) is 5.78 Å². The summed E-state index contributed by atoms with van der Waals surface area (Å²) in [5, 5.41) is 4.77. The molecule has 0 unspecified atom stereocenters. The minimum absolute atomic E-state index is 0.0140. The summed E-state index contributed by atoms with van der Waals surface area (Å²) in [6, 6.07) is 45.1. The molecule has 0 spiro atoms. The van der Waals surface area contributed by atoms with Crippen molar-refractivity contribution in [1.29, 1.82) is 0 Å². The van der Waals surface area contributed by atoms with Crippen LogP contribution in [0.1, 0.15) is 15.9 Å². The second kappa shape index (κ2) is 9.04. The lowest BCUT2D eigenvalue weighted by molar-refractivity contribution is 0.103. The molecule has 0 saturated carbocycles. The van der Waals surface area contributed by atoms with Crippen molar-refractivity contribution in [3.05, 3.63) is 145 Å². The van der Waals surface area contributed by atoms with Gasteiger partial charge in [0, 0.05) is 47.6 Å². The van der Waals surface area contributed by atoms with Gasteiger partial charge >= 0.3 is 0 Å². The predicted octanol–water partition coefficient (Wildman–Crippen LogP) is 10.5. The minimum Gasteiger partial charge on any atom is -0.455 e. The van der Waals surface area contributed by atoms with Crippen LogP contribution in [0.15, 0.2) is 138 Å². The molecule has 0 atom stereocenters. The Morgan fingerprint density at radius 1 is 0.500 bits per heavy atom. The number of rotatable bonds is 4. The molecule has 188 valence electrons. The predicted molar refractivity (Wildman–Crippen MR) is 167 cm³/mol. The van der Waals surface area contributed by atoms with Crippen molar-refractivity contribution < 1.29 is 9.21 Å². The third-order valence-electron chi connectivity index (χ3n) is 7.72. The molecule has 2 nitrogen and oxygen atoms in total. The highest BCUT2D eigenvalue weighted by atomic mass is 32.1. The molecule has 2 aromatic heterocycles. The Morgan fingerprint density at radius 2 is 1.07 bits per heavy atom. The molecule has 8 rings (SSSR count). The summed E-state index contributed by atoms with van der Waals surface area (Å²) < 4.78 is 8.77. The van der Waals surface area contributed by atoms with E-state index in [-0.39, 0.29) is 5.78 Å². The fraction of sp³-hybridized carbons (Fsp3) is 0. The molecule has 0 amide bonds. The molecular weight excluding hydrogens is 508 g/mol. The molecule has 0 N–H and O–H groups in total. The van der Waals surface area contributed by atoms with Crippen molar-refractivity contribution >= 4 is 59.2 Å². The van der Waals surface area contributed by atoms with Crippen molar-refractivity contribution in [3.8, 4) is 22.3 Å². The van der Waals surface area contributed by atoms with E-state index < -0.39 is 0 Å². The number of thiophene rings is 1. The Kier molecular flexibility index (Phi) is 5.19. The first kappa shape index (κ1) is 22.9. The SMILES string of the molecule is O=C(c1ccc(-c2cccc3c2oc2ccccc23)cc1)c1ccc(-c2cccc3c2sc2ccccc23)cc1. The number of para-hydroxylation sites is 2. The van der Waals surface area contributed by atoms with Gasteiger partial charge in [-0.3, -0.25) is 4.79 Å². The van der Waals surface area contributed by atoms with Gasteiger partial charge in [0.1, 0.15) is 11.2 Å². The molecule has 3 heteroatoms. The largest absolute Gasteiger partial charge is 0.455 e. The first-order chi connectivity index (χ1) is 19.7. The van der Waals surface area contributed by atoms with Crippen LogP contribution >= 0.6 is 11.3 Å². The molecule has 0 saturated heterocycles. The van der Waals surface area contributed by atoms with Crippen LogP contribution in [0.25, 0.3) is 64.4 Å². The zero-order chi connectivity index (χ0) is 26.6. The van der Waals surface area contributed by atoms with E-state index in [2.05, 4.69) is 78.9 Å². The zero-order valence-corrected chi connectivity index (χ0v) is 22.2. The van der Waals surface area contributed by atoms with Crippen LogP contribution in [-0.2, 0) is 0 Å². The molecule has 0 radical (unpaired) electrons. The zero-order valence-electron chi connectivity index (χ0n) is 21.4. The quantitative estimate of drug-likeness (QED) is 0.212. The summed E-state index contributed by atoms with van der Waals surface area (Å²) in [5.74, 6) is 0.0140. The van der Waals surface area contributed by atoms with Crippen LogP contribution in [0.2, 0.25) is 0 Å². The van der Waals surface area contributed by atoms with Crippen molar-refractivity contribution in [2.45, 2.75) is 0 Å². The summed E-state index contributed by atoms with van der Waals surface area (Å²) in [6.45, 7) is 0. The van der Waals surface area contributed by atoms with Crippen LogP contribution in [0.5, 0.6) is 0 Å². The van der Waals surface area contributed by atoms with E-state index in [4.69, 9.17) is 4.42 Å². The van der Waals surface area contributed by atoms with E-state index in [9.17, 15) is 4.79 Å². The third-order valence-corrected chi connectivity index (χ3v) is 8.94. The highest BCUT2D eigenvalue weighted by Crippen LogP contribution is 2.40. The smallest absolute Gasteiger partial charge is 0.193 e. The van der Waals surface area contributed by atoms with Gasteiger partial charge < -0.3 is 4.42 Å². The van der Waals surface area contributed by atoms with E-state index in [0.717, 1.165) is 38.6 Å². The Labute approximate surface area is 234 Å². The average Bonchev–Trinajstić information content (AvgIpc) is 3.59. The van der Waals surface area contributed by atoms with E-state index in [1.807, 2.05) is 65.9 Å². The molecule has 0 aliphatic rings. The van der Waals surface area contributed by atoms with E-state index in [1.165, 1.54) is 25.7 Å². The van der Waals surface area contributed by atoms with E-state index in [1.54, 1.807) is 0 Å². The molecule has 0 aliphatic carbocycles. The van der Waals surface area contributed by atoms with Crippen LogP contribution < -0.4 is 0 Å². The lowest BCUT2D eigenvalue weighted by Crippen LogP contribution is -2.01. The van der Waals surface area contributed by atoms with Crippen molar-refractivity contribution in [3.63, 3.8) is 0 Å². The van der Waals surface area contributed by atoms with Gasteiger partial charge in [-0.15, -0.1) is 11.3 Å². The van der Waals surface area contributed by atoms with E-state index >= 15 is 0 Å². The third kappa shape index (κ3) is 3.59. The summed E-state index contributed by atoms with van der Waals surface area (Å²) in [5.41, 5.74) is 7.44. The van der Waals surface area contributed by atoms with Crippen LogP contribution in [0.4, 0.5) is 0 Å². The monoisotopic (exact) mass is 530 g/mol. The Balaban J connectivity index is 1.10. The number of benzene rings is 6. The lowest BCUT2D eigenvalue weighted by atomic mass is 9.96. The topological polar surface area (TPSA) is 30.2 Å². The van der Waals surface area contributed by atoms with Gasteiger partial charge in [0.25, 0.3) is 0 Å². The Bertz CT molecular complexity index is 2050. The molecule has 40 heavy (non-hydrogen) atoms. The molecule has 6 aromatic carbocycles. The maximum atomic E-state index is 13.4. The lowest BCUT2D eigenvalue weighted by Gasteiger charge is -2.07. The molecule has 0 fully saturated rings. The summed E-state index contributed by atoms with van der Waals surface area (Å²) >= 11 is 1.82. The second-order valence-corrected chi connectivity index (χ2v) is 11.1. The average molecular weight is 531 g/mol. The van der Waals surface area contributed by atoms with Gasteiger partial charge in [-0.25, -0.2) is 0 Å². The van der Waals surface area contributed by atoms with Crippen molar-refractivity contribution in [2.24, 2.45) is 0 Å². The molecule has 0 bridgehead atoms. The fourth-order valence-corrected chi connectivity index (χ4v) is 6.96. The van der Waals surface area contributed by atoms with Gasteiger partial charge in [0.2, 0.25) is 0 Å². The van der Waals surface area contributed by atoms with E-state index in [0.29, 0.717) is 11.1 Å². The number of carbonyl (C=O) groups excluding carboxylic acids is 1. The normalized spacial score (nSPS) is 11.6. The van der Waals surface area contributed by atoms with Crippen molar-refractivity contribution in [1.82, 2.24) is 0 Å². The molecular formula is C37H22O2S. The standard InChI is InChI=1S/C37H22O2S/c38-35(25-19-15-23(16-20-25)27-9-5-11-31-29-7-1-3-13-33(29)39-36(27)31)26-21-17-24(18-22-26)28-10-6-12-32-30-8-2-4-14-34(30)40-37(28)32/h1-22H. The van der Waals surface area contributed by atoms with Gasteiger partial charge in [-0.05, 0) is 28.8 Å². The summed E-state index contributed by atoms with van der Waals surface area (Å²) in [6.07, 6.45) is 0. The fourth-order valence-electron chi connectivity index (χ4n) is 5.72. The Hall–Kier alpha value is -4.99. The Morgan fingerprint density at radius 3 is 1.82 bits per heavy atom. The van der Waals surface area contributed by atoms with Gasteiger partial charge in [0.05, 0.1) is 0 Å². The number of carbonyl (C=O) groups is 1. The number of furan rings is 1. The van der Waals surface area contributed by atoms with Gasteiger partial charge in [0.15, 0.2) is 5.78 Å².